The van der Waals surface area contributed by atoms with E-state index in [4.69, 9.17) is 4.74 Å². The molecule has 2 saturated heterocycles. The largest absolute Gasteiger partial charge is 0.475 e. The molecule has 5 nitrogen and oxygen atoms in total. The van der Waals surface area contributed by atoms with Crippen molar-refractivity contribution in [3.8, 4) is 11.9 Å². The summed E-state index contributed by atoms with van der Waals surface area (Å²) in [5.74, 6) is 0.453. The molecule has 2 fully saturated rings. The summed E-state index contributed by atoms with van der Waals surface area (Å²) in [6.07, 6.45) is 8.29. The molecular formula is C17H18N4O. The molecule has 22 heavy (non-hydrogen) atoms. The number of ether oxygens (including phenoxy) is 1. The normalized spacial score (nSPS) is 20.0. The van der Waals surface area contributed by atoms with Crippen LogP contribution in [0, 0.1) is 11.3 Å². The number of nitrogens with zero attached hydrogens (tertiary/aromatic N) is 4. The van der Waals surface area contributed by atoms with E-state index in [1.807, 2.05) is 12.1 Å². The van der Waals surface area contributed by atoms with E-state index in [1.165, 1.54) is 38.8 Å². The summed E-state index contributed by atoms with van der Waals surface area (Å²) in [6.45, 7) is 2.97. The highest BCUT2D eigenvalue weighted by molar-refractivity contribution is 5.79. The number of aromatic nitrogens is 2. The Morgan fingerprint density at radius 1 is 1.32 bits per heavy atom. The van der Waals surface area contributed by atoms with Gasteiger partial charge in [-0.05, 0) is 50.9 Å². The number of nitriles is 1. The Bertz CT molecular complexity index is 742. The van der Waals surface area contributed by atoms with Gasteiger partial charge in [0.2, 0.25) is 5.88 Å². The van der Waals surface area contributed by atoms with Gasteiger partial charge in [-0.1, -0.05) is 0 Å². The van der Waals surface area contributed by atoms with E-state index in [0.717, 1.165) is 10.9 Å². The molecule has 2 aliphatic heterocycles. The van der Waals surface area contributed by atoms with Crippen LogP contribution in [0.1, 0.15) is 31.2 Å². The fraction of sp³-hybridized carbons (Fsp3) is 0.471. The van der Waals surface area contributed by atoms with Gasteiger partial charge in [-0.3, -0.25) is 9.88 Å². The van der Waals surface area contributed by atoms with Crippen LogP contribution in [-0.4, -0.2) is 40.1 Å². The minimum absolute atomic E-state index is 0.168. The fourth-order valence-electron chi connectivity index (χ4n) is 3.85. The van der Waals surface area contributed by atoms with E-state index in [1.54, 1.807) is 12.4 Å². The molecule has 0 unspecified atom stereocenters. The molecule has 0 aliphatic carbocycles. The molecule has 2 aliphatic rings. The fourth-order valence-corrected chi connectivity index (χ4v) is 3.85. The van der Waals surface area contributed by atoms with Gasteiger partial charge in [-0.15, -0.1) is 0 Å². The van der Waals surface area contributed by atoms with E-state index >= 15 is 0 Å². The van der Waals surface area contributed by atoms with E-state index in [2.05, 4.69) is 20.9 Å². The van der Waals surface area contributed by atoms with Gasteiger partial charge >= 0.3 is 0 Å². The lowest BCUT2D eigenvalue weighted by molar-refractivity contribution is 0.111. The zero-order chi connectivity index (χ0) is 15.0. The highest BCUT2D eigenvalue weighted by Gasteiger charge is 2.44. The van der Waals surface area contributed by atoms with Crippen LogP contribution in [0.5, 0.6) is 5.88 Å². The third-order valence-electron chi connectivity index (χ3n) is 4.99. The zero-order valence-corrected chi connectivity index (χ0v) is 12.5. The predicted molar refractivity (Wildman–Crippen MR) is 82.5 cm³/mol. The van der Waals surface area contributed by atoms with Crippen molar-refractivity contribution >= 4 is 10.9 Å². The Morgan fingerprint density at radius 2 is 2.14 bits per heavy atom. The van der Waals surface area contributed by atoms with Crippen LogP contribution >= 0.6 is 0 Å². The zero-order valence-electron chi connectivity index (χ0n) is 12.5. The number of pyridine rings is 2. The Hall–Kier alpha value is -2.19. The minimum atomic E-state index is 0.168. The molecule has 0 atom stereocenters. The van der Waals surface area contributed by atoms with Crippen molar-refractivity contribution in [1.82, 2.24) is 14.9 Å². The maximum atomic E-state index is 9.35. The second kappa shape index (κ2) is 5.22. The molecule has 0 spiro atoms. The standard InChI is InChI=1S/C17H18N4O/c18-10-13-9-14-11-19-6-3-15(14)20-16(13)22-12-17-4-1-7-21(17)8-2-5-17/h3,6,9,11H,1-2,4-5,7-8,12H2. The molecule has 5 heteroatoms. The summed E-state index contributed by atoms with van der Waals surface area (Å²) in [7, 11) is 0. The van der Waals surface area contributed by atoms with Gasteiger partial charge in [0.25, 0.3) is 0 Å². The van der Waals surface area contributed by atoms with Gasteiger partial charge in [-0.2, -0.15) is 5.26 Å². The number of fused-ring (bicyclic) bond motifs is 2. The molecular weight excluding hydrogens is 276 g/mol. The van der Waals surface area contributed by atoms with Crippen LogP contribution in [0.2, 0.25) is 0 Å². The second-order valence-electron chi connectivity index (χ2n) is 6.23. The molecule has 4 heterocycles. The summed E-state index contributed by atoms with van der Waals surface area (Å²) < 4.78 is 6.03. The third-order valence-corrected chi connectivity index (χ3v) is 4.99. The molecule has 0 N–H and O–H groups in total. The monoisotopic (exact) mass is 294 g/mol. The van der Waals surface area contributed by atoms with Crippen molar-refractivity contribution in [1.29, 1.82) is 5.26 Å². The van der Waals surface area contributed by atoms with E-state index < -0.39 is 0 Å². The first-order valence-corrected chi connectivity index (χ1v) is 7.83. The molecule has 112 valence electrons. The van der Waals surface area contributed by atoms with Crippen molar-refractivity contribution in [2.45, 2.75) is 31.2 Å². The number of hydrogen-bond donors (Lipinski definition) is 0. The summed E-state index contributed by atoms with van der Waals surface area (Å²) in [6, 6.07) is 5.85. The first-order chi connectivity index (χ1) is 10.8. The van der Waals surface area contributed by atoms with Crippen molar-refractivity contribution < 1.29 is 4.74 Å². The molecule has 0 bridgehead atoms. The average Bonchev–Trinajstić information content (AvgIpc) is 3.12. The Labute approximate surface area is 129 Å². The Kier molecular flexibility index (Phi) is 3.20. The van der Waals surface area contributed by atoms with Crippen molar-refractivity contribution in [3.63, 3.8) is 0 Å². The van der Waals surface area contributed by atoms with Crippen LogP contribution in [0.4, 0.5) is 0 Å². The first kappa shape index (κ1) is 13.5. The highest BCUT2D eigenvalue weighted by Crippen LogP contribution is 2.39. The van der Waals surface area contributed by atoms with Crippen molar-refractivity contribution in [2.75, 3.05) is 19.7 Å². The van der Waals surface area contributed by atoms with Crippen LogP contribution in [0.15, 0.2) is 24.5 Å². The number of rotatable bonds is 3. The average molecular weight is 294 g/mol. The number of hydrogen-bond acceptors (Lipinski definition) is 5. The summed E-state index contributed by atoms with van der Waals surface area (Å²) in [4.78, 5) is 11.1. The molecule has 0 radical (unpaired) electrons. The lowest BCUT2D eigenvalue weighted by Crippen LogP contribution is -2.43. The molecule has 0 aromatic carbocycles. The minimum Gasteiger partial charge on any atom is -0.475 e. The van der Waals surface area contributed by atoms with Gasteiger partial charge in [-0.25, -0.2) is 4.98 Å². The predicted octanol–water partition coefficient (Wildman–Crippen LogP) is 2.51. The van der Waals surface area contributed by atoms with Crippen LogP contribution in [-0.2, 0) is 0 Å². The topological polar surface area (TPSA) is 62.0 Å². The summed E-state index contributed by atoms with van der Waals surface area (Å²) in [5.41, 5.74) is 1.47. The van der Waals surface area contributed by atoms with Gasteiger partial charge in [0.1, 0.15) is 18.2 Å². The quantitative estimate of drug-likeness (QED) is 0.870. The lowest BCUT2D eigenvalue weighted by Gasteiger charge is -2.31. The molecule has 0 saturated carbocycles. The molecule has 4 rings (SSSR count). The SMILES string of the molecule is N#Cc1cc2cnccc2nc1OCC12CCCN1CCC2. The third kappa shape index (κ3) is 2.11. The van der Waals surface area contributed by atoms with E-state index in [9.17, 15) is 5.26 Å². The Morgan fingerprint density at radius 3 is 2.91 bits per heavy atom. The molecule has 2 aromatic rings. The maximum absolute atomic E-state index is 9.35. The van der Waals surface area contributed by atoms with Gasteiger partial charge in [0, 0.05) is 17.8 Å². The Balaban J connectivity index is 1.62. The van der Waals surface area contributed by atoms with Gasteiger partial charge in [0.05, 0.1) is 11.1 Å². The van der Waals surface area contributed by atoms with Crippen molar-refractivity contribution in [2.24, 2.45) is 0 Å². The van der Waals surface area contributed by atoms with Gasteiger partial charge < -0.3 is 4.74 Å². The van der Waals surface area contributed by atoms with E-state index in [0.29, 0.717) is 18.1 Å². The van der Waals surface area contributed by atoms with E-state index in [-0.39, 0.29) is 5.54 Å². The first-order valence-electron chi connectivity index (χ1n) is 7.83. The lowest BCUT2D eigenvalue weighted by atomic mass is 9.95. The highest BCUT2D eigenvalue weighted by atomic mass is 16.5. The summed E-state index contributed by atoms with van der Waals surface area (Å²) >= 11 is 0. The summed E-state index contributed by atoms with van der Waals surface area (Å²) in [5, 5.41) is 10.2. The molecule has 2 aromatic heterocycles. The van der Waals surface area contributed by atoms with Crippen LogP contribution in [0.25, 0.3) is 10.9 Å². The smallest absolute Gasteiger partial charge is 0.232 e. The second-order valence-corrected chi connectivity index (χ2v) is 6.23. The van der Waals surface area contributed by atoms with Crippen LogP contribution in [0.3, 0.4) is 0 Å². The molecule has 0 amide bonds. The van der Waals surface area contributed by atoms with Gasteiger partial charge in [0.15, 0.2) is 0 Å². The van der Waals surface area contributed by atoms with Crippen molar-refractivity contribution in [3.05, 3.63) is 30.1 Å². The maximum Gasteiger partial charge on any atom is 0.232 e. The van der Waals surface area contributed by atoms with Crippen LogP contribution < -0.4 is 4.74 Å².